The molecule has 0 spiro atoms. The van der Waals surface area contributed by atoms with Crippen LogP contribution in [0.5, 0.6) is 11.5 Å². The van der Waals surface area contributed by atoms with E-state index in [-0.39, 0.29) is 11.3 Å². The molecule has 1 atom stereocenters. The normalized spacial score (nSPS) is 16.8. The van der Waals surface area contributed by atoms with Gasteiger partial charge in [0.2, 0.25) is 0 Å². The number of hydrogen-bond acceptors (Lipinski definition) is 7. The summed E-state index contributed by atoms with van der Waals surface area (Å²) < 4.78 is 13.2. The Morgan fingerprint density at radius 2 is 1.79 bits per heavy atom. The van der Waals surface area contributed by atoms with Gasteiger partial charge < -0.3 is 14.6 Å². The number of benzene rings is 3. The van der Waals surface area contributed by atoms with Gasteiger partial charge in [0.1, 0.15) is 17.3 Å². The summed E-state index contributed by atoms with van der Waals surface area (Å²) in [6, 6.07) is 19.1. The Morgan fingerprint density at radius 3 is 2.53 bits per heavy atom. The maximum absolute atomic E-state index is 13.5. The summed E-state index contributed by atoms with van der Waals surface area (Å²) in [7, 11) is 0. The van der Waals surface area contributed by atoms with Crippen molar-refractivity contribution in [2.24, 2.45) is 0 Å². The number of ether oxygens (including phenoxy) is 2. The van der Waals surface area contributed by atoms with E-state index < -0.39 is 17.7 Å². The van der Waals surface area contributed by atoms with Crippen LogP contribution in [0.3, 0.4) is 0 Å². The Kier molecular flexibility index (Phi) is 7.66. The van der Waals surface area contributed by atoms with Crippen LogP contribution in [-0.2, 0) is 9.59 Å². The van der Waals surface area contributed by atoms with Crippen molar-refractivity contribution < 1.29 is 24.2 Å². The largest absolute Gasteiger partial charge is 0.507 e. The van der Waals surface area contributed by atoms with Gasteiger partial charge in [-0.1, -0.05) is 42.5 Å². The van der Waals surface area contributed by atoms with Gasteiger partial charge in [-0.2, -0.15) is 0 Å². The number of carbonyl (C=O) groups is 2. The summed E-state index contributed by atoms with van der Waals surface area (Å²) in [6.07, 6.45) is 0.836. The van der Waals surface area contributed by atoms with Crippen molar-refractivity contribution >= 4 is 66.7 Å². The first-order valence-electron chi connectivity index (χ1n) is 12.2. The van der Waals surface area contributed by atoms with Crippen LogP contribution in [-0.4, -0.2) is 35.0 Å². The molecule has 5 rings (SSSR count). The van der Waals surface area contributed by atoms with Gasteiger partial charge in [0.25, 0.3) is 5.78 Å². The van der Waals surface area contributed by atoms with Crippen molar-refractivity contribution in [3.05, 3.63) is 87.0 Å². The number of fused-ring (bicyclic) bond motifs is 1. The topological polar surface area (TPSA) is 89.0 Å². The van der Waals surface area contributed by atoms with Crippen LogP contribution in [0.4, 0.5) is 5.13 Å². The van der Waals surface area contributed by atoms with Gasteiger partial charge in [0, 0.05) is 9.13 Å². The third kappa shape index (κ3) is 5.00. The van der Waals surface area contributed by atoms with Crippen molar-refractivity contribution in [3.8, 4) is 11.5 Å². The third-order valence-electron chi connectivity index (χ3n) is 6.08. The van der Waals surface area contributed by atoms with E-state index in [0.717, 1.165) is 14.7 Å². The highest BCUT2D eigenvalue weighted by Crippen LogP contribution is 2.45. The van der Waals surface area contributed by atoms with Gasteiger partial charge in [-0.3, -0.25) is 14.5 Å². The van der Waals surface area contributed by atoms with Crippen LogP contribution in [0, 0.1) is 3.57 Å². The lowest BCUT2D eigenvalue weighted by atomic mass is 9.95. The fraction of sp³-hybridized carbons (Fsp3) is 0.207. The quantitative estimate of drug-likeness (QED) is 0.0997. The monoisotopic (exact) mass is 640 g/mol. The van der Waals surface area contributed by atoms with Gasteiger partial charge in [-0.15, -0.1) is 0 Å². The summed E-state index contributed by atoms with van der Waals surface area (Å²) in [6.45, 7) is 4.98. The second-order valence-electron chi connectivity index (χ2n) is 8.66. The summed E-state index contributed by atoms with van der Waals surface area (Å²) in [5.41, 5.74) is 1.80. The molecule has 1 aliphatic rings. The molecule has 1 fully saturated rings. The third-order valence-corrected chi connectivity index (χ3v) is 7.81. The lowest BCUT2D eigenvalue weighted by Crippen LogP contribution is -2.29. The number of carbonyl (C=O) groups excluding carboxylic acids is 2. The number of halogens is 1. The van der Waals surface area contributed by atoms with Crippen molar-refractivity contribution in [2.45, 2.75) is 26.3 Å². The van der Waals surface area contributed by atoms with Crippen LogP contribution < -0.4 is 14.4 Å². The standard InChI is InChI=1S/C29H25IN2O5S/c1-3-14-37-20-7-5-6-18(15-20)26(33)24-25(17-8-10-19(30)11-9-17)32(28(35)27(24)34)29-31-22-13-12-21(36-4-2)16-23(22)38-29/h5-13,15-16,25,33H,3-4,14H2,1-2H3/b26-24+. The highest BCUT2D eigenvalue weighted by Gasteiger charge is 2.48. The predicted molar refractivity (Wildman–Crippen MR) is 157 cm³/mol. The molecule has 9 heteroatoms. The second kappa shape index (κ2) is 11.1. The molecule has 194 valence electrons. The number of Topliss-reactive ketones (excluding diaryl/α,β-unsaturated/α-hetero) is 1. The smallest absolute Gasteiger partial charge is 0.301 e. The van der Waals surface area contributed by atoms with Crippen LogP contribution in [0.15, 0.2) is 72.3 Å². The SMILES string of the molecule is CCCOc1cccc(/C(O)=C2\C(=O)C(=O)N(c3nc4ccc(OCC)cc4s3)C2c2ccc(I)cc2)c1. The van der Waals surface area contributed by atoms with Crippen LogP contribution >= 0.6 is 33.9 Å². The van der Waals surface area contributed by atoms with Crippen molar-refractivity contribution in [3.63, 3.8) is 0 Å². The molecule has 1 aromatic heterocycles. The molecule has 1 N–H and O–H groups in total. The van der Waals surface area contributed by atoms with Crippen molar-refractivity contribution in [2.75, 3.05) is 18.1 Å². The number of aromatic nitrogens is 1. The van der Waals surface area contributed by atoms with E-state index in [1.807, 2.05) is 56.3 Å². The summed E-state index contributed by atoms with van der Waals surface area (Å²) >= 11 is 3.50. The van der Waals surface area contributed by atoms with Crippen LogP contribution in [0.2, 0.25) is 0 Å². The molecule has 1 unspecified atom stereocenters. The predicted octanol–water partition coefficient (Wildman–Crippen LogP) is 6.71. The average molecular weight is 640 g/mol. The number of ketones is 1. The van der Waals surface area contributed by atoms with Crippen LogP contribution in [0.1, 0.15) is 37.4 Å². The maximum Gasteiger partial charge on any atom is 0.301 e. The zero-order valence-electron chi connectivity index (χ0n) is 20.8. The number of anilines is 1. The van der Waals surface area contributed by atoms with Gasteiger partial charge in [0.05, 0.1) is 35.0 Å². The Labute approximate surface area is 237 Å². The van der Waals surface area contributed by atoms with Crippen molar-refractivity contribution in [1.82, 2.24) is 4.98 Å². The molecule has 0 bridgehead atoms. The first-order valence-corrected chi connectivity index (χ1v) is 14.1. The van der Waals surface area contributed by atoms with Gasteiger partial charge in [0.15, 0.2) is 5.13 Å². The number of aliphatic hydroxyl groups excluding tert-OH is 1. The Bertz CT molecular complexity index is 1550. The second-order valence-corrected chi connectivity index (χ2v) is 10.9. The summed E-state index contributed by atoms with van der Waals surface area (Å²) in [4.78, 5) is 33.1. The fourth-order valence-corrected chi connectivity index (χ4v) is 5.73. The number of thiazole rings is 1. The first kappa shape index (κ1) is 26.2. The molecule has 3 aromatic carbocycles. The number of nitrogens with zero attached hydrogens (tertiary/aromatic N) is 2. The van der Waals surface area contributed by atoms with E-state index >= 15 is 0 Å². The number of amides is 1. The Hall–Kier alpha value is -3.44. The minimum absolute atomic E-state index is 0.0121. The molecule has 0 saturated carbocycles. The Morgan fingerprint density at radius 1 is 1.03 bits per heavy atom. The lowest BCUT2D eigenvalue weighted by molar-refractivity contribution is -0.132. The number of rotatable bonds is 8. The number of hydrogen-bond donors (Lipinski definition) is 1. The van der Waals surface area contributed by atoms with Gasteiger partial charge in [-0.05, 0) is 84.0 Å². The summed E-state index contributed by atoms with van der Waals surface area (Å²) in [5, 5.41) is 11.8. The zero-order chi connectivity index (χ0) is 26.8. The van der Waals surface area contributed by atoms with Crippen molar-refractivity contribution in [1.29, 1.82) is 0 Å². The molecule has 2 heterocycles. The minimum Gasteiger partial charge on any atom is -0.507 e. The molecule has 0 aliphatic carbocycles. The molecular weight excluding hydrogens is 615 g/mol. The number of aliphatic hydroxyl groups is 1. The maximum atomic E-state index is 13.5. The molecule has 38 heavy (non-hydrogen) atoms. The summed E-state index contributed by atoms with van der Waals surface area (Å²) in [5.74, 6) is -0.474. The van der Waals surface area contributed by atoms with E-state index in [0.29, 0.717) is 46.5 Å². The molecule has 4 aromatic rings. The zero-order valence-corrected chi connectivity index (χ0v) is 23.8. The van der Waals surface area contributed by atoms with Gasteiger partial charge >= 0.3 is 5.91 Å². The lowest BCUT2D eigenvalue weighted by Gasteiger charge is -2.23. The molecule has 1 aliphatic heterocycles. The highest BCUT2D eigenvalue weighted by molar-refractivity contribution is 14.1. The average Bonchev–Trinajstić information content (AvgIpc) is 3.45. The minimum atomic E-state index is -0.848. The van der Waals surface area contributed by atoms with E-state index in [2.05, 4.69) is 27.6 Å². The van der Waals surface area contributed by atoms with E-state index in [9.17, 15) is 14.7 Å². The first-order chi connectivity index (χ1) is 18.4. The van der Waals surface area contributed by atoms with Gasteiger partial charge in [-0.25, -0.2) is 4.98 Å². The van der Waals surface area contributed by atoms with E-state index in [1.54, 1.807) is 24.3 Å². The highest BCUT2D eigenvalue weighted by atomic mass is 127. The molecule has 1 saturated heterocycles. The fourth-order valence-electron chi connectivity index (χ4n) is 4.35. The van der Waals surface area contributed by atoms with E-state index in [1.165, 1.54) is 16.2 Å². The van der Waals surface area contributed by atoms with E-state index in [4.69, 9.17) is 9.47 Å². The Balaban J connectivity index is 1.65. The van der Waals surface area contributed by atoms with Crippen LogP contribution in [0.25, 0.3) is 16.0 Å². The molecule has 0 radical (unpaired) electrons. The molecular formula is C29H25IN2O5S. The molecule has 7 nitrogen and oxygen atoms in total. The molecule has 1 amide bonds.